The third-order valence-corrected chi connectivity index (χ3v) is 7.89. The van der Waals surface area contributed by atoms with Crippen molar-refractivity contribution in [1.82, 2.24) is 0 Å². The second-order valence-corrected chi connectivity index (χ2v) is 11.3. The monoisotopic (exact) mass is 537 g/mol. The summed E-state index contributed by atoms with van der Waals surface area (Å²) in [5.41, 5.74) is 0. The highest BCUT2D eigenvalue weighted by molar-refractivity contribution is 4.50. The molecule has 0 saturated heterocycles. The molecular weight excluding hydrogens is 464 g/mol. The Labute approximate surface area is 243 Å². The molecule has 38 heavy (non-hydrogen) atoms. The Kier molecular flexibility index (Phi) is 41.5. The molecule has 0 aliphatic carbocycles. The Hall–Kier alpha value is -1.10. The van der Waals surface area contributed by atoms with Crippen molar-refractivity contribution in [2.24, 2.45) is 0 Å². The van der Waals surface area contributed by atoms with Crippen LogP contribution in [0.15, 0.2) is 0 Å². The van der Waals surface area contributed by atoms with Crippen molar-refractivity contribution in [3.63, 3.8) is 0 Å². The molecule has 0 saturated carbocycles. The van der Waals surface area contributed by atoms with Crippen LogP contribution < -0.4 is 0 Å². The van der Waals surface area contributed by atoms with E-state index in [9.17, 15) is 0 Å². The normalized spacial score (nSPS) is 10.8. The fourth-order valence-electron chi connectivity index (χ4n) is 5.29. The zero-order chi connectivity index (χ0) is 30.0. The van der Waals surface area contributed by atoms with Crippen LogP contribution in [0.25, 0.3) is 0 Å². The Balaban J connectivity index is -0.000000268. The molecular formula is C34H72N4. The van der Waals surface area contributed by atoms with Crippen molar-refractivity contribution >= 4 is 0 Å². The first kappa shape index (κ1) is 43.9. The molecule has 0 aromatic carbocycles. The summed E-state index contributed by atoms with van der Waals surface area (Å²) in [7, 11) is 0. The number of rotatable bonds is 24. The summed E-state index contributed by atoms with van der Waals surface area (Å²) in [6, 6.07) is 0. The zero-order valence-electron chi connectivity index (χ0n) is 27.8. The van der Waals surface area contributed by atoms with Crippen molar-refractivity contribution in [3.05, 3.63) is 13.1 Å². The largest absolute Gasteiger partial charge is 0.512 e. The maximum Gasteiger partial charge on any atom is 0.0786 e. The minimum atomic E-state index is 1.35. The van der Waals surface area contributed by atoms with Crippen LogP contribution in [0.3, 0.4) is 0 Å². The molecule has 0 N–H and O–H groups in total. The highest BCUT2D eigenvalue weighted by Gasteiger charge is 2.25. The predicted molar refractivity (Wildman–Crippen MR) is 169 cm³/mol. The van der Waals surface area contributed by atoms with E-state index in [0.717, 1.165) is 0 Å². The van der Waals surface area contributed by atoms with Crippen molar-refractivity contribution in [1.29, 1.82) is 10.5 Å². The summed E-state index contributed by atoms with van der Waals surface area (Å²) in [5, 5.41) is 12.5. The van der Waals surface area contributed by atoms with Crippen LogP contribution in [0.1, 0.15) is 158 Å². The maximum atomic E-state index is 6.25. The Morgan fingerprint density at radius 2 is 0.395 bits per heavy atom. The van der Waals surface area contributed by atoms with E-state index in [-0.39, 0.29) is 0 Å². The average Bonchev–Trinajstić information content (AvgIpc) is 2.98. The number of hydrogen-bond donors (Lipinski definition) is 0. The Morgan fingerprint density at radius 3 is 0.474 bits per heavy atom. The van der Waals surface area contributed by atoms with Crippen LogP contribution in [-0.2, 0) is 0 Å². The molecule has 0 atom stereocenters. The summed E-state index contributed by atoms with van der Waals surface area (Å²) in [6.45, 7) is 39.5. The van der Waals surface area contributed by atoms with Gasteiger partial charge in [-0.2, -0.15) is 0 Å². The Morgan fingerprint density at radius 1 is 0.289 bits per heavy atom. The fraction of sp³-hybridized carbons (Fsp3) is 0.941. The standard InChI is InChI=1S/2C16H36N.2CN/c2*1-5-9-13-17(14-10-6-2,15-11-7-3)16-12-8-4;2*1-2/h2*5-16H2,1-4H3;;/q2*+1;2*-1. The topological polar surface area (TPSA) is 47.6 Å². The molecule has 228 valence electrons. The molecule has 0 aliphatic heterocycles. The lowest BCUT2D eigenvalue weighted by Crippen LogP contribution is -2.50. The SMILES string of the molecule is CCCC[N+](CCCC)(CCCC)CCCC.CCCC[N+](CCCC)(CCCC)CCCC.[C-]#N.[C-]#N. The summed E-state index contributed by atoms with van der Waals surface area (Å²) < 4.78 is 2.84. The molecule has 0 radical (unpaired) electrons. The van der Waals surface area contributed by atoms with E-state index in [1.807, 2.05) is 0 Å². The summed E-state index contributed by atoms with van der Waals surface area (Å²) >= 11 is 0. The van der Waals surface area contributed by atoms with Gasteiger partial charge in [0.2, 0.25) is 0 Å². The lowest BCUT2D eigenvalue weighted by molar-refractivity contribution is -0.929. The summed E-state index contributed by atoms with van der Waals surface area (Å²) in [6.07, 6.45) is 22.1. The number of unbranched alkanes of at least 4 members (excludes halogenated alkanes) is 8. The molecule has 4 nitrogen and oxygen atoms in total. The van der Waals surface area contributed by atoms with E-state index < -0.39 is 0 Å². The second kappa shape index (κ2) is 35.9. The van der Waals surface area contributed by atoms with Gasteiger partial charge in [0.25, 0.3) is 0 Å². The van der Waals surface area contributed by atoms with Gasteiger partial charge >= 0.3 is 0 Å². The van der Waals surface area contributed by atoms with Gasteiger partial charge in [0.1, 0.15) is 0 Å². The predicted octanol–water partition coefficient (Wildman–Crippen LogP) is 10.2. The van der Waals surface area contributed by atoms with Crippen molar-refractivity contribution in [2.45, 2.75) is 158 Å². The minimum absolute atomic E-state index is 1.35. The first-order valence-corrected chi connectivity index (χ1v) is 16.6. The van der Waals surface area contributed by atoms with Crippen molar-refractivity contribution in [2.75, 3.05) is 52.4 Å². The van der Waals surface area contributed by atoms with E-state index in [4.69, 9.17) is 23.7 Å². The molecule has 0 aromatic heterocycles. The van der Waals surface area contributed by atoms with Crippen LogP contribution in [0, 0.1) is 23.7 Å². The number of nitrogens with zero attached hydrogens (tertiary/aromatic N) is 4. The quantitative estimate of drug-likeness (QED) is 0.0909. The summed E-state index contributed by atoms with van der Waals surface area (Å²) in [5.74, 6) is 0. The van der Waals surface area contributed by atoms with E-state index in [0.29, 0.717) is 0 Å². The molecule has 0 heterocycles. The fourth-order valence-corrected chi connectivity index (χ4v) is 5.29. The highest BCUT2D eigenvalue weighted by Crippen LogP contribution is 2.17. The van der Waals surface area contributed by atoms with Crippen LogP contribution >= 0.6 is 0 Å². The highest BCUT2D eigenvalue weighted by atomic mass is 15.4. The van der Waals surface area contributed by atoms with Gasteiger partial charge < -0.3 is 32.6 Å². The van der Waals surface area contributed by atoms with Gasteiger partial charge in [0.05, 0.1) is 52.4 Å². The third kappa shape index (κ3) is 26.5. The summed E-state index contributed by atoms with van der Waals surface area (Å²) in [4.78, 5) is 0. The number of hydrogen-bond acceptors (Lipinski definition) is 2. The van der Waals surface area contributed by atoms with Crippen LogP contribution in [-0.4, -0.2) is 61.3 Å². The van der Waals surface area contributed by atoms with Gasteiger partial charge in [-0.05, 0) is 51.4 Å². The van der Waals surface area contributed by atoms with Crippen LogP contribution in [0.2, 0.25) is 0 Å². The van der Waals surface area contributed by atoms with Gasteiger partial charge in [-0.15, -0.1) is 0 Å². The molecule has 0 bridgehead atoms. The van der Waals surface area contributed by atoms with Crippen LogP contribution in [0.5, 0.6) is 0 Å². The molecule has 0 aromatic rings. The van der Waals surface area contributed by atoms with Gasteiger partial charge in [-0.1, -0.05) is 107 Å². The number of quaternary nitrogens is 2. The Bertz CT molecular complexity index is 341. The smallest absolute Gasteiger partial charge is 0.0786 e. The average molecular weight is 537 g/mol. The third-order valence-electron chi connectivity index (χ3n) is 7.89. The van der Waals surface area contributed by atoms with Gasteiger partial charge in [0, 0.05) is 0 Å². The molecule has 0 amide bonds. The molecule has 4 heteroatoms. The molecule has 0 fully saturated rings. The van der Waals surface area contributed by atoms with E-state index in [2.05, 4.69) is 55.4 Å². The first-order chi connectivity index (χ1) is 18.5. The van der Waals surface area contributed by atoms with Gasteiger partial charge in [0.15, 0.2) is 0 Å². The zero-order valence-corrected chi connectivity index (χ0v) is 27.8. The van der Waals surface area contributed by atoms with Crippen molar-refractivity contribution in [3.8, 4) is 0 Å². The molecule has 0 rings (SSSR count). The van der Waals surface area contributed by atoms with Crippen molar-refractivity contribution < 1.29 is 8.97 Å². The molecule has 0 spiro atoms. The van der Waals surface area contributed by atoms with Gasteiger partial charge in [-0.3, -0.25) is 0 Å². The maximum absolute atomic E-state index is 6.25. The molecule has 0 unspecified atom stereocenters. The van der Waals surface area contributed by atoms with E-state index in [1.54, 1.807) is 0 Å². The second-order valence-electron chi connectivity index (χ2n) is 11.3. The first-order valence-electron chi connectivity index (χ1n) is 16.6. The van der Waals surface area contributed by atoms with E-state index >= 15 is 0 Å². The minimum Gasteiger partial charge on any atom is -0.512 e. The van der Waals surface area contributed by atoms with Gasteiger partial charge in [-0.25, -0.2) is 0 Å². The lowest BCUT2D eigenvalue weighted by Gasteiger charge is -2.39. The molecule has 0 aliphatic rings. The van der Waals surface area contributed by atoms with E-state index in [1.165, 1.54) is 164 Å². The lowest BCUT2D eigenvalue weighted by atomic mass is 10.1. The van der Waals surface area contributed by atoms with Crippen LogP contribution in [0.4, 0.5) is 0 Å².